The van der Waals surface area contributed by atoms with Gasteiger partial charge < -0.3 is 42.2 Å². The number of nitriles is 2. The summed E-state index contributed by atoms with van der Waals surface area (Å²) < 4.78 is 23.6. The van der Waals surface area contributed by atoms with Crippen LogP contribution in [0, 0.1) is 75.4 Å². The zero-order valence-electron chi connectivity index (χ0n) is 55.9. The molecule has 0 bridgehead atoms. The van der Waals surface area contributed by atoms with E-state index in [0.29, 0.717) is 46.6 Å². The zero-order chi connectivity index (χ0) is 68.1. The number of terminal acetylenes is 1. The first-order valence-electron chi connectivity index (χ1n) is 32.5. The molecule has 9 N–H and O–H groups in total. The molecule has 18 nitrogen and oxygen atoms in total. The lowest BCUT2D eigenvalue weighted by Crippen LogP contribution is -2.27. The number of carbonyl (C=O) groups excluding carboxylic acids is 2. The van der Waals surface area contributed by atoms with Crippen LogP contribution in [-0.4, -0.2) is 89.3 Å². The van der Waals surface area contributed by atoms with E-state index in [1.807, 2.05) is 57.0 Å². The summed E-state index contributed by atoms with van der Waals surface area (Å²) in [5.41, 5.74) is 25.1. The van der Waals surface area contributed by atoms with Crippen molar-refractivity contribution in [2.24, 2.45) is 11.5 Å². The van der Waals surface area contributed by atoms with Crippen LogP contribution >= 0.6 is 12.2 Å². The number of esters is 2. The summed E-state index contributed by atoms with van der Waals surface area (Å²) in [6.07, 6.45) is 29.7. The van der Waals surface area contributed by atoms with Gasteiger partial charge in [-0.3, -0.25) is 5.10 Å². The van der Waals surface area contributed by atoms with Crippen LogP contribution < -0.4 is 32.7 Å². The van der Waals surface area contributed by atoms with Gasteiger partial charge in [-0.25, -0.2) is 28.6 Å². The van der Waals surface area contributed by atoms with Gasteiger partial charge in [-0.1, -0.05) is 18.6 Å². The topological polar surface area (TPSA) is 273 Å². The molecule has 2 heterocycles. The van der Waals surface area contributed by atoms with Gasteiger partial charge in [0.05, 0.1) is 35.5 Å². The number of hydrogen-bond acceptors (Lipinski definition) is 16. The number of hydrogen-bond donors (Lipinski definition) is 7. The van der Waals surface area contributed by atoms with E-state index in [0.717, 1.165) is 61.8 Å². The molecule has 7 aromatic rings. The number of aryl methyl sites for hydroxylation is 5. The highest BCUT2D eigenvalue weighted by Crippen LogP contribution is 2.30. The van der Waals surface area contributed by atoms with Crippen molar-refractivity contribution in [2.45, 2.75) is 201 Å². The van der Waals surface area contributed by atoms with Gasteiger partial charge >= 0.3 is 11.9 Å². The predicted molar refractivity (Wildman–Crippen MR) is 379 cm³/mol. The number of nitrogens with one attached hydrogen (secondary N) is 5. The number of nitrogens with zero attached hydrogens (tertiary/aromatic N) is 7. The highest BCUT2D eigenvalue weighted by atomic mass is 32.1. The molecular weight excluding hydrogens is 1200 g/mol. The SMILES string of the molecule is C#CC(=O)OC(C)C.Cc1cc(C#N)cc(NC2CCC2)c1.Cc1cc(F)cc(C#N)c1.Cc1cc(NC2CCC2)cc(-c2ncn(/C=C\C(=O)OC(C)C)n2)c1.Cc1cc(NC2CCC2)cc(-c2ncn[nH]2)c1.Cc1cc(NC2CCC2)cc(C(N)=S)c1.NC1CCC1. The Bertz CT molecular complexity index is 3710. The Labute approximate surface area is 560 Å². The van der Waals surface area contributed by atoms with Crippen molar-refractivity contribution in [2.75, 3.05) is 21.3 Å². The minimum atomic E-state index is -0.597. The maximum absolute atomic E-state index is 12.5. The fourth-order valence-electron chi connectivity index (χ4n) is 9.81. The number of benzene rings is 5. The van der Waals surface area contributed by atoms with E-state index in [4.69, 9.17) is 45.4 Å². The van der Waals surface area contributed by atoms with Crippen molar-refractivity contribution in [3.8, 4) is 47.3 Å². The third-order valence-corrected chi connectivity index (χ3v) is 15.8. The van der Waals surface area contributed by atoms with E-state index in [9.17, 15) is 14.0 Å². The number of nitrogens with two attached hydrogens (primary N) is 2. The average molecular weight is 1290 g/mol. The fraction of sp³-hybridized carbons (Fsp3) is 0.419. The molecule has 5 saturated carbocycles. The summed E-state index contributed by atoms with van der Waals surface area (Å²) in [4.78, 5) is 30.7. The van der Waals surface area contributed by atoms with Crippen LogP contribution in [0.1, 0.15) is 169 Å². The monoisotopic (exact) mass is 1290 g/mol. The summed E-state index contributed by atoms with van der Waals surface area (Å²) in [6, 6.07) is 36.2. The highest BCUT2D eigenvalue weighted by molar-refractivity contribution is 7.80. The Kier molecular flexibility index (Phi) is 29.7. The molecule has 0 unspecified atom stereocenters. The Balaban J connectivity index is 0.000000182. The Morgan fingerprint density at radius 1 is 0.628 bits per heavy atom. The first-order valence-corrected chi connectivity index (χ1v) is 32.9. The second kappa shape index (κ2) is 37.9. The number of H-pyrrole nitrogens is 1. The Morgan fingerprint density at radius 3 is 1.47 bits per heavy atom. The molecule has 12 rings (SSSR count). The number of ether oxygens (including phenoxy) is 2. The van der Waals surface area contributed by atoms with Crippen molar-refractivity contribution < 1.29 is 23.5 Å². The van der Waals surface area contributed by atoms with Crippen molar-refractivity contribution in [3.63, 3.8) is 0 Å². The van der Waals surface area contributed by atoms with Crippen LogP contribution in [0.25, 0.3) is 29.0 Å². The van der Waals surface area contributed by atoms with Crippen LogP contribution in [0.4, 0.5) is 27.1 Å². The van der Waals surface area contributed by atoms with Crippen LogP contribution in [0.2, 0.25) is 0 Å². The molecule has 5 fully saturated rings. The second-order valence-electron chi connectivity index (χ2n) is 25.0. The van der Waals surface area contributed by atoms with E-state index in [1.165, 1.54) is 142 Å². The minimum absolute atomic E-state index is 0.112. The second-order valence-corrected chi connectivity index (χ2v) is 25.5. The molecule has 0 amide bonds. The molecule has 94 heavy (non-hydrogen) atoms. The van der Waals surface area contributed by atoms with Gasteiger partial charge in [0.2, 0.25) is 0 Å². The van der Waals surface area contributed by atoms with Gasteiger partial charge in [-0.05, 0) is 271 Å². The van der Waals surface area contributed by atoms with Gasteiger partial charge in [-0.15, -0.1) is 11.5 Å². The van der Waals surface area contributed by atoms with Crippen LogP contribution in [-0.2, 0) is 19.1 Å². The first-order chi connectivity index (χ1) is 45.0. The number of carbonyl (C=O) groups is 2. The molecule has 5 aromatic carbocycles. The van der Waals surface area contributed by atoms with Crippen LogP contribution in [0.3, 0.4) is 0 Å². The molecule has 5 aliphatic carbocycles. The summed E-state index contributed by atoms with van der Waals surface area (Å²) in [7, 11) is 0. The molecule has 0 aliphatic heterocycles. The lowest BCUT2D eigenvalue weighted by molar-refractivity contribution is -0.141. The molecule has 0 saturated heterocycles. The van der Waals surface area contributed by atoms with Crippen molar-refractivity contribution in [1.82, 2.24) is 29.9 Å². The molecular formula is C74H93FN14O4S. The van der Waals surface area contributed by atoms with Crippen molar-refractivity contribution in [1.29, 1.82) is 10.5 Å². The first kappa shape index (κ1) is 73.6. The zero-order valence-corrected chi connectivity index (χ0v) is 56.7. The number of aromatic amines is 1. The number of halogens is 1. The molecule has 496 valence electrons. The minimum Gasteiger partial charge on any atom is -0.460 e. The average Bonchev–Trinajstić information content (AvgIpc) is 1.52. The van der Waals surface area contributed by atoms with E-state index in [-0.39, 0.29) is 18.0 Å². The lowest BCUT2D eigenvalue weighted by atomic mass is 9.93. The van der Waals surface area contributed by atoms with E-state index >= 15 is 0 Å². The third kappa shape index (κ3) is 26.7. The van der Waals surface area contributed by atoms with Crippen LogP contribution in [0.5, 0.6) is 0 Å². The summed E-state index contributed by atoms with van der Waals surface area (Å²) >= 11 is 4.99. The largest absolute Gasteiger partial charge is 0.460 e. The number of rotatable bonds is 15. The quantitative estimate of drug-likeness (QED) is 0.0165. The van der Waals surface area contributed by atoms with Crippen molar-refractivity contribution in [3.05, 3.63) is 160 Å². The van der Waals surface area contributed by atoms with Gasteiger partial charge in [-0.2, -0.15) is 15.6 Å². The highest BCUT2D eigenvalue weighted by Gasteiger charge is 2.21. The summed E-state index contributed by atoms with van der Waals surface area (Å²) in [5, 5.41) is 42.4. The molecule has 0 atom stereocenters. The lowest BCUT2D eigenvalue weighted by Gasteiger charge is -2.27. The predicted octanol–water partition coefficient (Wildman–Crippen LogP) is 14.9. The molecule has 5 aliphatic rings. The number of thiocarbonyl (C=S) groups is 1. The fourth-order valence-corrected chi connectivity index (χ4v) is 9.93. The normalized spacial score (nSPS) is 14.6. The number of aromatic nitrogens is 6. The summed E-state index contributed by atoms with van der Waals surface area (Å²) in [5.74, 6) is 1.95. The maximum Gasteiger partial charge on any atom is 0.384 e. The third-order valence-electron chi connectivity index (χ3n) is 15.6. The van der Waals surface area contributed by atoms with Gasteiger partial charge in [0, 0.05) is 87.8 Å². The molecule has 2 aromatic heterocycles. The Morgan fingerprint density at radius 2 is 1.06 bits per heavy atom. The van der Waals surface area contributed by atoms with Gasteiger partial charge in [0.15, 0.2) is 11.6 Å². The van der Waals surface area contributed by atoms with E-state index in [1.54, 1.807) is 39.4 Å². The molecule has 0 spiro atoms. The Hall–Kier alpha value is -9.42. The number of anilines is 4. The van der Waals surface area contributed by atoms with Gasteiger partial charge in [0.1, 0.15) is 23.5 Å². The molecule has 0 radical (unpaired) electrons. The summed E-state index contributed by atoms with van der Waals surface area (Å²) in [6.45, 7) is 17.1. The van der Waals surface area contributed by atoms with Crippen LogP contribution in [0.15, 0.2) is 110 Å². The smallest absolute Gasteiger partial charge is 0.384 e. The van der Waals surface area contributed by atoms with Crippen molar-refractivity contribution >= 4 is 58.1 Å². The maximum atomic E-state index is 12.5. The van der Waals surface area contributed by atoms with Gasteiger partial charge in [0.25, 0.3) is 0 Å². The van der Waals surface area contributed by atoms with E-state index < -0.39 is 11.9 Å². The van der Waals surface area contributed by atoms with E-state index in [2.05, 4.69) is 127 Å². The molecule has 20 heteroatoms. The standard InChI is InChI=1S/C19H24N4O2.C13H16N4.C12H16N2S.C12H14N2.C8H6FN.C6H8O2.C4H9N/c1-13(2)25-18(24)7-8-23-12-20-19(22-23)15-9-14(3)10-17(11-15)21-16-5-4-6-16;1-9-5-10(13-14-8-15-17-13)7-12(6-9)16-11-3-2-4-11;1-8-5-9(12(13)15)7-11(6-8)14-10-3-2-4-10;1-9-5-10(8-13)7-12(6-9)14-11-3-2-4-11;1-6-2-7(5-10)4-8(9)3-6;1-4-6(7)8-5(2)3;5-4-2-1-3-4/h7-13,16,21H,4-6H2,1-3H3;5-8,11,16H,2-4H2,1H3,(H,14,15,17);5-7,10,14H,2-4H2,1H3,(H2,13,15);5-7,11,14H,2-4H2,1H3;2-4H,1H3;1,5H,2-3H3;4H,1-3,5H2/b8-7-;;;;;;.